The molecule has 2 aliphatic rings. The van der Waals surface area contributed by atoms with Crippen LogP contribution in [0.4, 0.5) is 8.78 Å². The number of nitrogens with one attached hydrogen (secondary N) is 3. The summed E-state index contributed by atoms with van der Waals surface area (Å²) in [7, 11) is 0. The minimum Gasteiger partial charge on any atom is -0.431 e. The van der Waals surface area contributed by atoms with Crippen LogP contribution in [0.25, 0.3) is 22.8 Å². The Morgan fingerprint density at radius 1 is 1.14 bits per heavy atom. The third-order valence-corrected chi connectivity index (χ3v) is 6.54. The van der Waals surface area contributed by atoms with Crippen molar-refractivity contribution in [1.29, 1.82) is 0 Å². The van der Waals surface area contributed by atoms with E-state index in [1.165, 1.54) is 6.20 Å². The van der Waals surface area contributed by atoms with Crippen molar-refractivity contribution in [1.82, 2.24) is 30.8 Å². The average molecular weight is 485 g/mol. The molecule has 1 atom stereocenters. The van der Waals surface area contributed by atoms with Crippen molar-refractivity contribution in [3.8, 4) is 22.8 Å². The van der Waals surface area contributed by atoms with Crippen LogP contribution in [0.1, 0.15) is 66.6 Å². The number of amides is 2. The monoisotopic (exact) mass is 484 g/mol. The summed E-state index contributed by atoms with van der Waals surface area (Å²) in [5, 5.41) is 12.4. The molecule has 2 aliphatic carbocycles. The van der Waals surface area contributed by atoms with Gasteiger partial charge in [-0.05, 0) is 50.7 Å². The summed E-state index contributed by atoms with van der Waals surface area (Å²) < 4.78 is 32.3. The van der Waals surface area contributed by atoms with E-state index in [1.54, 1.807) is 24.3 Å². The number of H-pyrrole nitrogens is 1. The summed E-state index contributed by atoms with van der Waals surface area (Å²) in [6.07, 6.45) is 3.61. The first-order valence-electron chi connectivity index (χ1n) is 11.8. The molecule has 2 amide bonds. The molecule has 3 N–H and O–H groups in total. The van der Waals surface area contributed by atoms with Gasteiger partial charge < -0.3 is 15.1 Å². The SMILES string of the molecule is CC(NC(=O)c1cnc(-c2cccc(-c3n[nH]c(C(=O)NC4CCC(F)(F)CC4)n3)c2)o1)C1CC1. The number of halogens is 2. The lowest BCUT2D eigenvalue weighted by atomic mass is 9.92. The summed E-state index contributed by atoms with van der Waals surface area (Å²) in [6, 6.07) is 6.84. The second-order valence-corrected chi connectivity index (χ2v) is 9.32. The molecule has 5 rings (SSSR count). The molecule has 2 saturated carbocycles. The Kier molecular flexibility index (Phi) is 6.08. The Balaban J connectivity index is 1.25. The fraction of sp³-hybridized carbons (Fsp3) is 0.458. The summed E-state index contributed by atoms with van der Waals surface area (Å²) >= 11 is 0. The minimum absolute atomic E-state index is 0.00241. The highest BCUT2D eigenvalue weighted by Crippen LogP contribution is 2.33. The van der Waals surface area contributed by atoms with Crippen LogP contribution in [-0.2, 0) is 0 Å². The van der Waals surface area contributed by atoms with E-state index in [9.17, 15) is 18.4 Å². The van der Waals surface area contributed by atoms with Crippen LogP contribution in [-0.4, -0.2) is 50.0 Å². The van der Waals surface area contributed by atoms with Crippen molar-refractivity contribution in [2.24, 2.45) is 5.92 Å². The van der Waals surface area contributed by atoms with Gasteiger partial charge in [0.2, 0.25) is 23.4 Å². The number of nitrogens with zero attached hydrogens (tertiary/aromatic N) is 3. The van der Waals surface area contributed by atoms with Crippen molar-refractivity contribution in [3.05, 3.63) is 42.0 Å². The van der Waals surface area contributed by atoms with Crippen molar-refractivity contribution in [2.45, 2.75) is 63.5 Å². The van der Waals surface area contributed by atoms with Crippen molar-refractivity contribution in [2.75, 3.05) is 0 Å². The number of hydrogen-bond donors (Lipinski definition) is 3. The van der Waals surface area contributed by atoms with Gasteiger partial charge in [-0.1, -0.05) is 12.1 Å². The molecular weight excluding hydrogens is 458 g/mol. The molecule has 0 aliphatic heterocycles. The van der Waals surface area contributed by atoms with Gasteiger partial charge in [0.05, 0.1) is 6.20 Å². The number of carbonyl (C=O) groups is 2. The van der Waals surface area contributed by atoms with Gasteiger partial charge in [-0.3, -0.25) is 14.7 Å². The maximum atomic E-state index is 13.3. The first-order chi connectivity index (χ1) is 16.8. The topological polar surface area (TPSA) is 126 Å². The van der Waals surface area contributed by atoms with Gasteiger partial charge >= 0.3 is 0 Å². The highest BCUT2D eigenvalue weighted by molar-refractivity contribution is 5.92. The van der Waals surface area contributed by atoms with Gasteiger partial charge in [0, 0.05) is 36.1 Å². The van der Waals surface area contributed by atoms with E-state index in [-0.39, 0.29) is 67.0 Å². The molecule has 35 heavy (non-hydrogen) atoms. The number of benzene rings is 1. The molecule has 3 aromatic rings. The van der Waals surface area contributed by atoms with Crippen LogP contribution in [0.2, 0.25) is 0 Å². The van der Waals surface area contributed by atoms with Crippen LogP contribution in [0.3, 0.4) is 0 Å². The molecule has 0 spiro atoms. The third kappa shape index (κ3) is 5.39. The second-order valence-electron chi connectivity index (χ2n) is 9.32. The molecular formula is C24H26F2N6O3. The quantitative estimate of drug-likeness (QED) is 0.466. The van der Waals surface area contributed by atoms with Gasteiger partial charge in [-0.2, -0.15) is 5.10 Å². The van der Waals surface area contributed by atoms with Crippen molar-refractivity contribution >= 4 is 11.8 Å². The Bertz CT molecular complexity index is 1230. The molecule has 2 aromatic heterocycles. The number of aromatic nitrogens is 4. The summed E-state index contributed by atoms with van der Waals surface area (Å²) in [6.45, 7) is 1.98. The molecule has 0 bridgehead atoms. The largest absolute Gasteiger partial charge is 0.431 e. The lowest BCUT2D eigenvalue weighted by Crippen LogP contribution is -2.40. The van der Waals surface area contributed by atoms with E-state index < -0.39 is 11.8 Å². The molecule has 2 fully saturated rings. The Hall–Kier alpha value is -3.63. The number of aromatic amines is 1. The lowest BCUT2D eigenvalue weighted by Gasteiger charge is -2.28. The molecule has 184 valence electrons. The number of oxazole rings is 1. The zero-order valence-corrected chi connectivity index (χ0v) is 19.2. The van der Waals surface area contributed by atoms with E-state index in [2.05, 4.69) is 30.8 Å². The number of alkyl halides is 2. The van der Waals surface area contributed by atoms with E-state index in [0.29, 0.717) is 17.0 Å². The lowest BCUT2D eigenvalue weighted by molar-refractivity contribution is -0.0399. The second kappa shape index (κ2) is 9.20. The molecule has 9 nitrogen and oxygen atoms in total. The van der Waals surface area contributed by atoms with Gasteiger partial charge in [0.15, 0.2) is 5.82 Å². The fourth-order valence-electron chi connectivity index (χ4n) is 4.23. The first-order valence-corrected chi connectivity index (χ1v) is 11.8. The van der Waals surface area contributed by atoms with Crippen molar-refractivity contribution < 1.29 is 22.8 Å². The Labute approximate surface area is 200 Å². The van der Waals surface area contributed by atoms with Crippen LogP contribution in [0, 0.1) is 5.92 Å². The summed E-state index contributed by atoms with van der Waals surface area (Å²) in [4.78, 5) is 33.4. The number of carbonyl (C=O) groups excluding carboxylic acids is 2. The maximum Gasteiger partial charge on any atom is 0.288 e. The molecule has 0 radical (unpaired) electrons. The number of rotatable bonds is 7. The normalized spacial score (nSPS) is 18.7. The third-order valence-electron chi connectivity index (χ3n) is 6.54. The van der Waals surface area contributed by atoms with Crippen LogP contribution >= 0.6 is 0 Å². The average Bonchev–Trinajstić information content (AvgIpc) is 3.37. The molecule has 2 heterocycles. The van der Waals surface area contributed by atoms with Gasteiger partial charge in [0.1, 0.15) is 0 Å². The highest BCUT2D eigenvalue weighted by Gasteiger charge is 2.35. The molecule has 1 aromatic carbocycles. The van der Waals surface area contributed by atoms with Gasteiger partial charge in [-0.15, -0.1) is 0 Å². The fourth-order valence-corrected chi connectivity index (χ4v) is 4.23. The van der Waals surface area contributed by atoms with Crippen molar-refractivity contribution in [3.63, 3.8) is 0 Å². The zero-order valence-electron chi connectivity index (χ0n) is 19.2. The minimum atomic E-state index is -2.66. The van der Waals surface area contributed by atoms with E-state index in [0.717, 1.165) is 12.8 Å². The Morgan fingerprint density at radius 2 is 1.89 bits per heavy atom. The van der Waals surface area contributed by atoms with Crippen LogP contribution in [0.15, 0.2) is 34.9 Å². The molecule has 0 saturated heterocycles. The zero-order chi connectivity index (χ0) is 24.6. The molecule has 11 heteroatoms. The predicted octanol–water partition coefficient (Wildman–Crippen LogP) is 3.96. The van der Waals surface area contributed by atoms with E-state index in [4.69, 9.17) is 4.42 Å². The first kappa shape index (κ1) is 23.1. The van der Waals surface area contributed by atoms with E-state index in [1.807, 2.05) is 6.92 Å². The van der Waals surface area contributed by atoms with Gasteiger partial charge in [0.25, 0.3) is 11.8 Å². The predicted molar refractivity (Wildman–Crippen MR) is 122 cm³/mol. The Morgan fingerprint density at radius 3 is 2.63 bits per heavy atom. The summed E-state index contributed by atoms with van der Waals surface area (Å²) in [5.41, 5.74) is 1.23. The van der Waals surface area contributed by atoms with Crippen LogP contribution in [0.5, 0.6) is 0 Å². The smallest absolute Gasteiger partial charge is 0.288 e. The highest BCUT2D eigenvalue weighted by atomic mass is 19.3. The van der Waals surface area contributed by atoms with Gasteiger partial charge in [-0.25, -0.2) is 18.7 Å². The van der Waals surface area contributed by atoms with E-state index >= 15 is 0 Å². The van der Waals surface area contributed by atoms with Crippen LogP contribution < -0.4 is 10.6 Å². The maximum absolute atomic E-state index is 13.3. The molecule has 1 unspecified atom stereocenters. The summed E-state index contributed by atoms with van der Waals surface area (Å²) in [5.74, 6) is -2.22. The standard InChI is InChI=1S/C24H26F2N6O3/c1-13(14-5-6-14)28-21(33)18-12-27-23(35-18)16-4-2-3-15(11-16)19-30-20(32-31-19)22(34)29-17-7-9-24(25,26)10-8-17/h2-4,11-14,17H,5-10H2,1H3,(H,28,33)(H,29,34)(H,30,31,32). The number of hydrogen-bond acceptors (Lipinski definition) is 6.